The Morgan fingerprint density at radius 1 is 1.50 bits per heavy atom. The maximum atomic E-state index is 12.2. The molecule has 2 aromatic rings. The van der Waals surface area contributed by atoms with Crippen LogP contribution >= 0.6 is 23.4 Å². The van der Waals surface area contributed by atoms with E-state index in [1.165, 1.54) is 16.4 Å². The Kier molecular flexibility index (Phi) is 4.26. The number of halogens is 1. The average Bonchev–Trinajstić information content (AvgIpc) is 3.25. The highest BCUT2D eigenvalue weighted by Crippen LogP contribution is 2.39. The van der Waals surface area contributed by atoms with Crippen LogP contribution in [0.5, 0.6) is 0 Å². The lowest BCUT2D eigenvalue weighted by atomic mass is 10.3. The van der Waals surface area contributed by atoms with Gasteiger partial charge in [0.25, 0.3) is 0 Å². The van der Waals surface area contributed by atoms with Gasteiger partial charge in [-0.05, 0) is 38.0 Å². The van der Waals surface area contributed by atoms with Crippen molar-refractivity contribution < 1.29 is 4.79 Å². The van der Waals surface area contributed by atoms with Gasteiger partial charge in [-0.1, -0.05) is 29.4 Å². The van der Waals surface area contributed by atoms with E-state index in [1.54, 1.807) is 31.2 Å². The molecule has 0 radical (unpaired) electrons. The van der Waals surface area contributed by atoms with Gasteiger partial charge in [0.2, 0.25) is 11.1 Å². The average molecular weight is 338 g/mol. The zero-order valence-corrected chi connectivity index (χ0v) is 13.6. The number of nitrogens with two attached hydrogens (primary N) is 1. The van der Waals surface area contributed by atoms with Crippen LogP contribution in [0.4, 0.5) is 5.69 Å². The molecule has 1 aromatic carbocycles. The van der Waals surface area contributed by atoms with Crippen molar-refractivity contribution in [2.24, 2.45) is 0 Å². The molecule has 116 valence electrons. The van der Waals surface area contributed by atoms with Crippen LogP contribution in [0.15, 0.2) is 29.4 Å². The monoisotopic (exact) mass is 337 g/mol. The molecule has 0 bridgehead atoms. The van der Waals surface area contributed by atoms with E-state index in [0.717, 1.165) is 18.7 Å². The van der Waals surface area contributed by atoms with Crippen LogP contribution in [-0.4, -0.2) is 26.0 Å². The van der Waals surface area contributed by atoms with Crippen molar-refractivity contribution in [3.8, 4) is 0 Å². The number of carbonyl (C=O) groups is 1. The van der Waals surface area contributed by atoms with Crippen molar-refractivity contribution in [2.45, 2.75) is 36.1 Å². The summed E-state index contributed by atoms with van der Waals surface area (Å²) in [6, 6.07) is 7.03. The molecule has 0 saturated heterocycles. The summed E-state index contributed by atoms with van der Waals surface area (Å²) >= 11 is 7.19. The Balaban J connectivity index is 1.63. The molecule has 1 aliphatic carbocycles. The molecular weight excluding hydrogens is 322 g/mol. The molecule has 1 atom stereocenters. The topological polar surface area (TPSA) is 85.8 Å². The molecule has 1 amide bonds. The smallest absolute Gasteiger partial charge is 0.237 e. The molecule has 0 unspecified atom stereocenters. The number of thioether (sulfide) groups is 1. The van der Waals surface area contributed by atoms with Crippen LogP contribution < -0.4 is 11.2 Å². The highest BCUT2D eigenvalue weighted by Gasteiger charge is 2.30. The fourth-order valence-corrected chi connectivity index (χ4v) is 2.98. The third-order valence-electron chi connectivity index (χ3n) is 3.38. The van der Waals surface area contributed by atoms with Crippen molar-refractivity contribution in [3.63, 3.8) is 0 Å². The molecular formula is C14H16ClN5OS. The SMILES string of the molecule is C[C@@H](Sc1nnc(C2CC2)n1N)C(=O)Nc1cccc(Cl)c1. The second kappa shape index (κ2) is 6.18. The summed E-state index contributed by atoms with van der Waals surface area (Å²) in [6.07, 6.45) is 2.20. The van der Waals surface area contributed by atoms with E-state index in [0.29, 0.717) is 21.8 Å². The minimum Gasteiger partial charge on any atom is -0.336 e. The maximum Gasteiger partial charge on any atom is 0.237 e. The van der Waals surface area contributed by atoms with Gasteiger partial charge in [0, 0.05) is 16.6 Å². The highest BCUT2D eigenvalue weighted by atomic mass is 35.5. The molecule has 6 nitrogen and oxygen atoms in total. The summed E-state index contributed by atoms with van der Waals surface area (Å²) in [5.74, 6) is 7.07. The Bertz CT molecular complexity index is 700. The largest absolute Gasteiger partial charge is 0.336 e. The predicted octanol–water partition coefficient (Wildman–Crippen LogP) is 2.64. The summed E-state index contributed by atoms with van der Waals surface area (Å²) in [5, 5.41) is 11.8. The molecule has 1 heterocycles. The van der Waals surface area contributed by atoms with Crippen LogP contribution in [-0.2, 0) is 4.79 Å². The van der Waals surface area contributed by atoms with E-state index in [9.17, 15) is 4.79 Å². The first-order valence-corrected chi connectivity index (χ1v) is 8.24. The lowest BCUT2D eigenvalue weighted by molar-refractivity contribution is -0.115. The van der Waals surface area contributed by atoms with Gasteiger partial charge >= 0.3 is 0 Å². The van der Waals surface area contributed by atoms with E-state index < -0.39 is 0 Å². The lowest BCUT2D eigenvalue weighted by Gasteiger charge is -2.11. The van der Waals surface area contributed by atoms with Gasteiger partial charge in [-0.25, -0.2) is 4.68 Å². The van der Waals surface area contributed by atoms with Crippen LogP contribution in [0.1, 0.15) is 31.5 Å². The Labute approximate surface area is 137 Å². The molecule has 0 spiro atoms. The number of nitrogens with one attached hydrogen (secondary N) is 1. The van der Waals surface area contributed by atoms with Gasteiger partial charge in [-0.15, -0.1) is 10.2 Å². The zero-order valence-electron chi connectivity index (χ0n) is 12.0. The van der Waals surface area contributed by atoms with Gasteiger partial charge in [-0.3, -0.25) is 4.79 Å². The van der Waals surface area contributed by atoms with Crippen molar-refractivity contribution in [3.05, 3.63) is 35.1 Å². The minimum absolute atomic E-state index is 0.136. The summed E-state index contributed by atoms with van der Waals surface area (Å²) in [6.45, 7) is 1.80. The number of amides is 1. The van der Waals surface area contributed by atoms with Gasteiger partial charge in [0.05, 0.1) is 5.25 Å². The molecule has 1 fully saturated rings. The van der Waals surface area contributed by atoms with E-state index in [1.807, 2.05) is 0 Å². The van der Waals surface area contributed by atoms with Gasteiger partial charge in [0.15, 0.2) is 5.82 Å². The van der Waals surface area contributed by atoms with Crippen LogP contribution in [0.2, 0.25) is 5.02 Å². The number of hydrogen-bond acceptors (Lipinski definition) is 5. The molecule has 1 saturated carbocycles. The fraction of sp³-hybridized carbons (Fsp3) is 0.357. The van der Waals surface area contributed by atoms with E-state index in [2.05, 4.69) is 15.5 Å². The lowest BCUT2D eigenvalue weighted by Crippen LogP contribution is -2.23. The second-order valence-corrected chi connectivity index (χ2v) is 6.99. The van der Waals surface area contributed by atoms with Crippen molar-refractivity contribution >= 4 is 35.0 Å². The fourth-order valence-electron chi connectivity index (χ4n) is 2.01. The molecule has 0 aliphatic heterocycles. The standard InChI is InChI=1S/C14H16ClN5OS/c1-8(13(21)17-11-4-2-3-10(15)7-11)22-14-19-18-12(20(14)16)9-5-6-9/h2-4,7-9H,5-6,16H2,1H3,(H,17,21)/t8-/m1/s1. The van der Waals surface area contributed by atoms with Crippen molar-refractivity contribution in [1.82, 2.24) is 14.9 Å². The highest BCUT2D eigenvalue weighted by molar-refractivity contribution is 8.00. The number of nitrogens with zero attached hydrogens (tertiary/aromatic N) is 3. The van der Waals surface area contributed by atoms with Gasteiger partial charge in [-0.2, -0.15) is 0 Å². The summed E-state index contributed by atoms with van der Waals surface area (Å²) in [4.78, 5) is 12.2. The summed E-state index contributed by atoms with van der Waals surface area (Å²) < 4.78 is 1.49. The Morgan fingerprint density at radius 2 is 2.27 bits per heavy atom. The van der Waals surface area contributed by atoms with Crippen LogP contribution in [0, 0.1) is 0 Å². The second-order valence-electron chi connectivity index (χ2n) is 5.24. The molecule has 1 aliphatic rings. The minimum atomic E-state index is -0.350. The van der Waals surface area contributed by atoms with Gasteiger partial charge < -0.3 is 11.2 Å². The predicted molar refractivity (Wildman–Crippen MR) is 87.5 cm³/mol. The number of benzene rings is 1. The van der Waals surface area contributed by atoms with Gasteiger partial charge in [0.1, 0.15) is 0 Å². The third kappa shape index (κ3) is 3.36. The summed E-state index contributed by atoms with van der Waals surface area (Å²) in [5.41, 5.74) is 0.665. The maximum absolute atomic E-state index is 12.2. The summed E-state index contributed by atoms with van der Waals surface area (Å²) in [7, 11) is 0. The number of anilines is 1. The first-order valence-electron chi connectivity index (χ1n) is 6.98. The number of aromatic nitrogens is 3. The molecule has 1 aromatic heterocycles. The zero-order chi connectivity index (χ0) is 15.7. The van der Waals surface area contributed by atoms with E-state index >= 15 is 0 Å². The van der Waals surface area contributed by atoms with Crippen molar-refractivity contribution in [1.29, 1.82) is 0 Å². The Hall–Kier alpha value is -1.73. The first kappa shape index (κ1) is 15.2. The number of hydrogen-bond donors (Lipinski definition) is 2. The first-order chi connectivity index (χ1) is 10.5. The number of carbonyl (C=O) groups excluding carboxylic acids is 1. The molecule has 8 heteroatoms. The third-order valence-corrected chi connectivity index (χ3v) is 4.67. The molecule has 3 rings (SSSR count). The number of nitrogen functional groups attached to an aromatic ring is 1. The van der Waals surface area contributed by atoms with Crippen molar-refractivity contribution in [2.75, 3.05) is 11.2 Å². The molecule has 3 N–H and O–H groups in total. The van der Waals surface area contributed by atoms with E-state index in [4.69, 9.17) is 17.4 Å². The Morgan fingerprint density at radius 3 is 2.95 bits per heavy atom. The molecule has 22 heavy (non-hydrogen) atoms. The van der Waals surface area contributed by atoms with E-state index in [-0.39, 0.29) is 11.2 Å². The quantitative estimate of drug-likeness (QED) is 0.647. The normalized spacial score (nSPS) is 15.5. The van der Waals surface area contributed by atoms with Crippen LogP contribution in [0.25, 0.3) is 0 Å². The number of rotatable bonds is 5. The van der Waals surface area contributed by atoms with Crippen LogP contribution in [0.3, 0.4) is 0 Å².